The van der Waals surface area contributed by atoms with Crippen molar-refractivity contribution in [2.24, 2.45) is 0 Å². The van der Waals surface area contributed by atoms with Crippen LogP contribution in [0.25, 0.3) is 11.1 Å². The lowest BCUT2D eigenvalue weighted by Crippen LogP contribution is -2.35. The van der Waals surface area contributed by atoms with Crippen molar-refractivity contribution in [2.45, 2.75) is 97.3 Å². The molecule has 0 saturated carbocycles. The van der Waals surface area contributed by atoms with Gasteiger partial charge in [0.25, 0.3) is 0 Å². The van der Waals surface area contributed by atoms with Gasteiger partial charge in [0.2, 0.25) is 11.8 Å². The van der Waals surface area contributed by atoms with E-state index in [1.54, 1.807) is 39.4 Å². The van der Waals surface area contributed by atoms with Crippen molar-refractivity contribution in [3.8, 4) is 17.0 Å². The highest BCUT2D eigenvalue weighted by molar-refractivity contribution is 5.74. The third-order valence-corrected chi connectivity index (χ3v) is 8.53. The van der Waals surface area contributed by atoms with Gasteiger partial charge in [0, 0.05) is 35.6 Å². The molecule has 2 aliphatic rings. The number of aryl methyl sites for hydroxylation is 1. The summed E-state index contributed by atoms with van der Waals surface area (Å²) in [5.41, 5.74) is 2.90. The maximum atomic E-state index is 13.6. The maximum absolute atomic E-state index is 13.6. The Kier molecular flexibility index (Phi) is 8.28. The number of methoxy groups -OCH3 is 1. The first-order chi connectivity index (χ1) is 20.3. The number of benzene rings is 1. The van der Waals surface area contributed by atoms with E-state index in [0.29, 0.717) is 39.8 Å². The number of hydrogen-bond donors (Lipinski definition) is 0. The number of ether oxygens (including phenoxy) is 2. The van der Waals surface area contributed by atoms with Crippen LogP contribution in [-0.2, 0) is 17.5 Å². The maximum Gasteiger partial charge on any atom is 0.416 e. The Balaban J connectivity index is 1.57. The lowest BCUT2D eigenvalue weighted by molar-refractivity contribution is -0.137. The van der Waals surface area contributed by atoms with Crippen molar-refractivity contribution < 1.29 is 27.4 Å². The summed E-state index contributed by atoms with van der Waals surface area (Å²) >= 11 is 0. The monoisotopic (exact) mass is 597 g/mol. The molecule has 8 nitrogen and oxygen atoms in total. The Morgan fingerprint density at radius 2 is 1.72 bits per heavy atom. The fraction of sp³-hybridized carbons (Fsp3) is 0.500. The lowest BCUT2D eigenvalue weighted by Gasteiger charge is -2.28. The third kappa shape index (κ3) is 5.99. The molecule has 2 aliphatic heterocycles. The van der Waals surface area contributed by atoms with Gasteiger partial charge in [0.15, 0.2) is 0 Å². The molecule has 0 N–H and O–H groups in total. The number of amides is 1. The largest absolute Gasteiger partial charge is 0.481 e. The molecule has 0 bridgehead atoms. The summed E-state index contributed by atoms with van der Waals surface area (Å²) in [4.78, 5) is 31.3. The number of alkyl halides is 3. The van der Waals surface area contributed by atoms with Gasteiger partial charge in [-0.15, -0.1) is 0 Å². The SMILES string of the molecule is COc1ncc(C(C)C)cc1-c1cnc(N2[C@H](C)CC[C@H]2C)nc1CN1C(=O)O[C@H](c2cc(C)cc(C(F)(F)F)c2)[C@@H]1C. The lowest BCUT2D eigenvalue weighted by atomic mass is 9.97. The van der Waals surface area contributed by atoms with E-state index in [-0.39, 0.29) is 24.5 Å². The van der Waals surface area contributed by atoms with Gasteiger partial charge < -0.3 is 14.4 Å². The first kappa shape index (κ1) is 30.6. The van der Waals surface area contributed by atoms with E-state index < -0.39 is 30.0 Å². The summed E-state index contributed by atoms with van der Waals surface area (Å²) in [5.74, 6) is 1.17. The molecule has 0 radical (unpaired) electrons. The molecule has 1 aromatic carbocycles. The molecule has 1 amide bonds. The van der Waals surface area contributed by atoms with Gasteiger partial charge in [-0.3, -0.25) is 4.90 Å². The number of carbonyl (C=O) groups is 1. The Bertz CT molecular complexity index is 1500. The van der Waals surface area contributed by atoms with Gasteiger partial charge in [-0.1, -0.05) is 25.5 Å². The highest BCUT2D eigenvalue weighted by Crippen LogP contribution is 2.40. The van der Waals surface area contributed by atoms with E-state index in [9.17, 15) is 18.0 Å². The van der Waals surface area contributed by atoms with E-state index in [4.69, 9.17) is 19.4 Å². The predicted octanol–water partition coefficient (Wildman–Crippen LogP) is 7.46. The molecule has 2 aromatic heterocycles. The summed E-state index contributed by atoms with van der Waals surface area (Å²) in [7, 11) is 1.55. The van der Waals surface area contributed by atoms with Gasteiger partial charge in [-0.2, -0.15) is 13.2 Å². The van der Waals surface area contributed by atoms with Crippen LogP contribution in [0.3, 0.4) is 0 Å². The quantitative estimate of drug-likeness (QED) is 0.280. The van der Waals surface area contributed by atoms with Gasteiger partial charge >= 0.3 is 12.3 Å². The third-order valence-electron chi connectivity index (χ3n) is 8.53. The van der Waals surface area contributed by atoms with E-state index in [1.165, 1.54) is 4.90 Å². The van der Waals surface area contributed by atoms with Crippen LogP contribution in [0.4, 0.5) is 23.9 Å². The fourth-order valence-corrected chi connectivity index (χ4v) is 6.07. The molecular weight excluding hydrogens is 559 g/mol. The highest BCUT2D eigenvalue weighted by Gasteiger charge is 2.42. The van der Waals surface area contributed by atoms with E-state index in [2.05, 4.69) is 37.6 Å². The molecule has 11 heteroatoms. The molecule has 0 spiro atoms. The average molecular weight is 598 g/mol. The van der Waals surface area contributed by atoms with Gasteiger partial charge in [0.1, 0.15) is 6.10 Å². The van der Waals surface area contributed by atoms with Crippen molar-refractivity contribution in [3.63, 3.8) is 0 Å². The second-order valence-corrected chi connectivity index (χ2v) is 12.0. The predicted molar refractivity (Wildman–Crippen MR) is 157 cm³/mol. The molecule has 0 unspecified atom stereocenters. The van der Waals surface area contributed by atoms with Crippen molar-refractivity contribution >= 4 is 12.0 Å². The summed E-state index contributed by atoms with van der Waals surface area (Å²) < 4.78 is 52.1. The zero-order chi connectivity index (χ0) is 31.2. The number of anilines is 1. The molecule has 4 atom stereocenters. The average Bonchev–Trinajstić information content (AvgIpc) is 3.44. The first-order valence-corrected chi connectivity index (χ1v) is 14.6. The topological polar surface area (TPSA) is 80.7 Å². The van der Waals surface area contributed by atoms with Crippen LogP contribution in [-0.4, -0.2) is 51.2 Å². The standard InChI is InChI=1S/C32H38F3N5O3/c1-17(2)23-13-25(29(42-7)36-14-23)26-15-37-30(40-19(4)8-9-20(40)5)38-27(26)16-39-21(6)28(43-31(39)41)22-10-18(3)11-24(12-22)32(33,34)35/h10-15,17,19-21,28H,8-9,16H2,1-7H3/t19-,20-,21+,28+/m1/s1. The number of rotatable bonds is 7. The van der Waals surface area contributed by atoms with Crippen LogP contribution in [0.5, 0.6) is 5.88 Å². The molecular formula is C32H38F3N5O3. The minimum Gasteiger partial charge on any atom is -0.481 e. The molecule has 5 rings (SSSR count). The van der Waals surface area contributed by atoms with Gasteiger partial charge in [-0.05, 0) is 75.8 Å². The Labute approximate surface area is 250 Å². The number of pyridine rings is 1. The molecule has 230 valence electrons. The summed E-state index contributed by atoms with van der Waals surface area (Å²) in [6.07, 6.45) is -0.456. The Hall–Kier alpha value is -3.89. The second kappa shape index (κ2) is 11.7. The smallest absolute Gasteiger partial charge is 0.416 e. The number of halogens is 3. The molecule has 4 heterocycles. The number of cyclic esters (lactones) is 1. The van der Waals surface area contributed by atoms with Crippen LogP contribution in [0.15, 0.2) is 36.7 Å². The van der Waals surface area contributed by atoms with Crippen LogP contribution >= 0.6 is 0 Å². The molecule has 2 fully saturated rings. The van der Waals surface area contributed by atoms with E-state index in [0.717, 1.165) is 30.5 Å². The highest BCUT2D eigenvalue weighted by atomic mass is 19.4. The van der Waals surface area contributed by atoms with Gasteiger partial charge in [-0.25, -0.2) is 19.7 Å². The van der Waals surface area contributed by atoms with Crippen LogP contribution in [0.2, 0.25) is 0 Å². The molecule has 43 heavy (non-hydrogen) atoms. The first-order valence-electron chi connectivity index (χ1n) is 14.6. The van der Waals surface area contributed by atoms with Crippen LogP contribution < -0.4 is 9.64 Å². The van der Waals surface area contributed by atoms with E-state index in [1.807, 2.05) is 6.07 Å². The molecule has 2 saturated heterocycles. The van der Waals surface area contributed by atoms with Crippen molar-refractivity contribution in [3.05, 3.63) is 64.6 Å². The second-order valence-electron chi connectivity index (χ2n) is 12.0. The molecule has 3 aromatic rings. The van der Waals surface area contributed by atoms with Crippen molar-refractivity contribution in [1.29, 1.82) is 0 Å². The van der Waals surface area contributed by atoms with E-state index >= 15 is 0 Å². The number of aromatic nitrogens is 3. The zero-order valence-electron chi connectivity index (χ0n) is 25.6. The summed E-state index contributed by atoms with van der Waals surface area (Å²) in [6, 6.07) is 5.71. The fourth-order valence-electron chi connectivity index (χ4n) is 6.07. The molecule has 0 aliphatic carbocycles. The Morgan fingerprint density at radius 1 is 1.02 bits per heavy atom. The van der Waals surface area contributed by atoms with Crippen LogP contribution in [0, 0.1) is 6.92 Å². The summed E-state index contributed by atoms with van der Waals surface area (Å²) in [5, 5.41) is 0. The van der Waals surface area contributed by atoms with Crippen molar-refractivity contribution in [1.82, 2.24) is 19.9 Å². The number of nitrogens with zero attached hydrogens (tertiary/aromatic N) is 5. The zero-order valence-corrected chi connectivity index (χ0v) is 25.6. The number of hydrogen-bond acceptors (Lipinski definition) is 7. The minimum absolute atomic E-state index is 0.0605. The number of carbonyl (C=O) groups excluding carboxylic acids is 1. The Morgan fingerprint density at radius 3 is 2.35 bits per heavy atom. The summed E-state index contributed by atoms with van der Waals surface area (Å²) in [6.45, 7) is 11.9. The minimum atomic E-state index is -4.51. The van der Waals surface area contributed by atoms with Crippen LogP contribution in [0.1, 0.15) is 87.4 Å². The normalized spacial score (nSPS) is 22.4. The van der Waals surface area contributed by atoms with Crippen molar-refractivity contribution in [2.75, 3.05) is 12.0 Å². The van der Waals surface area contributed by atoms with Gasteiger partial charge in [0.05, 0.1) is 31.0 Å².